The molecule has 0 aliphatic rings. The summed E-state index contributed by atoms with van der Waals surface area (Å²) in [5, 5.41) is 13.2. The van der Waals surface area contributed by atoms with Gasteiger partial charge in [-0.15, -0.1) is 0 Å². The van der Waals surface area contributed by atoms with Gasteiger partial charge in [-0.05, 0) is 30.7 Å². The third-order valence-corrected chi connectivity index (χ3v) is 3.81. The standard InChI is InChI=1S/C16H26BrNO/c1-2-3-4-5-6-7-8-16(19)13-18-15-11-9-14(17)10-12-15/h9-12,16,18-19H,2-8,13H2,1H3/t16-/m1/s1. The van der Waals surface area contributed by atoms with Gasteiger partial charge in [-0.25, -0.2) is 0 Å². The zero-order valence-electron chi connectivity index (χ0n) is 11.9. The zero-order valence-corrected chi connectivity index (χ0v) is 13.5. The number of benzene rings is 1. The van der Waals surface area contributed by atoms with E-state index in [4.69, 9.17) is 0 Å². The third-order valence-electron chi connectivity index (χ3n) is 3.28. The molecule has 0 heterocycles. The zero-order chi connectivity index (χ0) is 13.9. The first kappa shape index (κ1) is 16.5. The predicted octanol–water partition coefficient (Wildman–Crippen LogP) is 4.97. The number of anilines is 1. The van der Waals surface area contributed by atoms with Crippen LogP contribution in [0.3, 0.4) is 0 Å². The fourth-order valence-electron chi connectivity index (χ4n) is 2.07. The summed E-state index contributed by atoms with van der Waals surface area (Å²) in [6.45, 7) is 2.87. The average molecular weight is 328 g/mol. The highest BCUT2D eigenvalue weighted by molar-refractivity contribution is 9.10. The molecule has 0 saturated carbocycles. The summed E-state index contributed by atoms with van der Waals surface area (Å²) in [5.74, 6) is 0. The van der Waals surface area contributed by atoms with Gasteiger partial charge in [0.1, 0.15) is 0 Å². The summed E-state index contributed by atoms with van der Waals surface area (Å²) in [6.07, 6.45) is 8.31. The highest BCUT2D eigenvalue weighted by Crippen LogP contribution is 2.14. The Morgan fingerprint density at radius 3 is 2.37 bits per heavy atom. The lowest BCUT2D eigenvalue weighted by molar-refractivity contribution is 0.173. The fraction of sp³-hybridized carbons (Fsp3) is 0.625. The van der Waals surface area contributed by atoms with Crippen LogP contribution in [0.25, 0.3) is 0 Å². The lowest BCUT2D eigenvalue weighted by atomic mass is 10.1. The van der Waals surface area contributed by atoms with Crippen molar-refractivity contribution in [1.82, 2.24) is 0 Å². The molecule has 1 atom stereocenters. The van der Waals surface area contributed by atoms with Crippen LogP contribution < -0.4 is 5.32 Å². The van der Waals surface area contributed by atoms with Gasteiger partial charge < -0.3 is 10.4 Å². The molecule has 2 nitrogen and oxygen atoms in total. The molecule has 19 heavy (non-hydrogen) atoms. The van der Waals surface area contributed by atoms with Crippen LogP contribution in [0.1, 0.15) is 51.9 Å². The largest absolute Gasteiger partial charge is 0.391 e. The summed E-state index contributed by atoms with van der Waals surface area (Å²) in [7, 11) is 0. The van der Waals surface area contributed by atoms with Crippen LogP contribution in [0.15, 0.2) is 28.7 Å². The van der Waals surface area contributed by atoms with Gasteiger partial charge in [0.15, 0.2) is 0 Å². The van der Waals surface area contributed by atoms with Crippen molar-refractivity contribution in [1.29, 1.82) is 0 Å². The van der Waals surface area contributed by atoms with E-state index in [-0.39, 0.29) is 6.10 Å². The molecule has 0 spiro atoms. The monoisotopic (exact) mass is 327 g/mol. The van der Waals surface area contributed by atoms with Gasteiger partial charge in [0.25, 0.3) is 0 Å². The number of aliphatic hydroxyl groups is 1. The van der Waals surface area contributed by atoms with Gasteiger partial charge in [0.05, 0.1) is 6.10 Å². The van der Waals surface area contributed by atoms with Gasteiger partial charge >= 0.3 is 0 Å². The molecule has 1 rings (SSSR count). The molecule has 0 saturated heterocycles. The predicted molar refractivity (Wildman–Crippen MR) is 86.6 cm³/mol. The Hall–Kier alpha value is -0.540. The number of halogens is 1. The Balaban J connectivity index is 2.04. The van der Waals surface area contributed by atoms with Crippen molar-refractivity contribution in [2.24, 2.45) is 0 Å². The number of rotatable bonds is 10. The molecule has 1 aromatic carbocycles. The maximum atomic E-state index is 9.90. The molecule has 1 aromatic rings. The molecule has 2 N–H and O–H groups in total. The molecule has 0 bridgehead atoms. The van der Waals surface area contributed by atoms with Crippen LogP contribution in [0.5, 0.6) is 0 Å². The van der Waals surface area contributed by atoms with Crippen LogP contribution in [-0.2, 0) is 0 Å². The Morgan fingerprint density at radius 2 is 1.68 bits per heavy atom. The number of hydrogen-bond acceptors (Lipinski definition) is 2. The second-order valence-electron chi connectivity index (χ2n) is 5.10. The normalized spacial score (nSPS) is 12.4. The van der Waals surface area contributed by atoms with Gasteiger partial charge in [-0.3, -0.25) is 0 Å². The van der Waals surface area contributed by atoms with Crippen molar-refractivity contribution in [2.75, 3.05) is 11.9 Å². The number of nitrogens with one attached hydrogen (secondary N) is 1. The molecule has 108 valence electrons. The maximum absolute atomic E-state index is 9.90. The minimum Gasteiger partial charge on any atom is -0.391 e. The topological polar surface area (TPSA) is 32.3 Å². The van der Waals surface area contributed by atoms with Crippen molar-refractivity contribution in [3.05, 3.63) is 28.7 Å². The number of hydrogen-bond donors (Lipinski definition) is 2. The van der Waals surface area contributed by atoms with Crippen LogP contribution in [0.2, 0.25) is 0 Å². The van der Waals surface area contributed by atoms with Crippen LogP contribution >= 0.6 is 15.9 Å². The SMILES string of the molecule is CCCCCCCC[C@@H](O)CNc1ccc(Br)cc1. The Morgan fingerprint density at radius 1 is 1.05 bits per heavy atom. The van der Waals surface area contributed by atoms with Crippen LogP contribution in [0.4, 0.5) is 5.69 Å². The minimum atomic E-state index is -0.241. The first-order valence-corrected chi connectivity index (χ1v) is 8.19. The third kappa shape index (κ3) is 8.27. The second-order valence-corrected chi connectivity index (χ2v) is 6.01. The van der Waals surface area contributed by atoms with Crippen LogP contribution in [-0.4, -0.2) is 17.8 Å². The summed E-state index contributed by atoms with van der Waals surface area (Å²) < 4.78 is 1.07. The van der Waals surface area contributed by atoms with Crippen molar-refractivity contribution < 1.29 is 5.11 Å². The van der Waals surface area contributed by atoms with Gasteiger partial charge in [-0.2, -0.15) is 0 Å². The van der Waals surface area contributed by atoms with Crippen molar-refractivity contribution in [3.8, 4) is 0 Å². The molecule has 0 unspecified atom stereocenters. The van der Waals surface area contributed by atoms with Gasteiger partial charge in [0.2, 0.25) is 0 Å². The first-order valence-electron chi connectivity index (χ1n) is 7.40. The molecule has 0 aliphatic heterocycles. The van der Waals surface area contributed by atoms with E-state index >= 15 is 0 Å². The van der Waals surface area contributed by atoms with E-state index in [2.05, 4.69) is 28.2 Å². The maximum Gasteiger partial charge on any atom is 0.0712 e. The lowest BCUT2D eigenvalue weighted by Crippen LogP contribution is -2.19. The molecular formula is C16H26BrNO. The van der Waals surface area contributed by atoms with E-state index in [1.807, 2.05) is 24.3 Å². The highest BCUT2D eigenvalue weighted by atomic mass is 79.9. The summed E-state index contributed by atoms with van der Waals surface area (Å²) >= 11 is 3.41. The first-order chi connectivity index (χ1) is 9.22. The summed E-state index contributed by atoms with van der Waals surface area (Å²) in [6, 6.07) is 8.04. The fourth-order valence-corrected chi connectivity index (χ4v) is 2.33. The number of aliphatic hydroxyl groups excluding tert-OH is 1. The van der Waals surface area contributed by atoms with Gasteiger partial charge in [0, 0.05) is 16.7 Å². The molecule has 0 aromatic heterocycles. The lowest BCUT2D eigenvalue weighted by Gasteiger charge is -2.12. The second kappa shape index (κ2) is 10.3. The summed E-state index contributed by atoms with van der Waals surface area (Å²) in [4.78, 5) is 0. The molecule has 0 fully saturated rings. The Kier molecular flexibility index (Phi) is 8.93. The van der Waals surface area contributed by atoms with E-state index in [9.17, 15) is 5.11 Å². The van der Waals surface area contributed by atoms with Gasteiger partial charge in [-0.1, -0.05) is 61.4 Å². The van der Waals surface area contributed by atoms with E-state index in [0.29, 0.717) is 6.54 Å². The van der Waals surface area contributed by atoms with E-state index in [1.54, 1.807) is 0 Å². The molecular weight excluding hydrogens is 302 g/mol. The molecule has 0 amide bonds. The van der Waals surface area contributed by atoms with Crippen molar-refractivity contribution in [2.45, 2.75) is 58.0 Å². The minimum absolute atomic E-state index is 0.241. The molecule has 0 aliphatic carbocycles. The highest BCUT2D eigenvalue weighted by Gasteiger charge is 2.03. The average Bonchev–Trinajstić information content (AvgIpc) is 2.42. The van der Waals surface area contributed by atoms with E-state index < -0.39 is 0 Å². The number of unbranched alkanes of at least 4 members (excludes halogenated alkanes) is 5. The van der Waals surface area contributed by atoms with Crippen molar-refractivity contribution >= 4 is 21.6 Å². The molecule has 3 heteroatoms. The van der Waals surface area contributed by atoms with Crippen LogP contribution in [0, 0.1) is 0 Å². The van der Waals surface area contributed by atoms with Crippen molar-refractivity contribution in [3.63, 3.8) is 0 Å². The molecule has 0 radical (unpaired) electrons. The summed E-state index contributed by atoms with van der Waals surface area (Å²) in [5.41, 5.74) is 1.06. The Labute approximate surface area is 125 Å². The smallest absolute Gasteiger partial charge is 0.0712 e. The Bertz CT molecular complexity index is 326. The quantitative estimate of drug-likeness (QED) is 0.594. The van der Waals surface area contributed by atoms with E-state index in [1.165, 1.54) is 32.1 Å². The van der Waals surface area contributed by atoms with E-state index in [0.717, 1.165) is 23.0 Å².